The van der Waals surface area contributed by atoms with Crippen LogP contribution in [-0.4, -0.2) is 47.1 Å². The zero-order valence-corrected chi connectivity index (χ0v) is 7.78. The van der Waals surface area contributed by atoms with Crippen LogP contribution in [0.4, 0.5) is 0 Å². The zero-order valence-electron chi connectivity index (χ0n) is 7.78. The number of carboxylic acid groups (broad SMARTS) is 1. The molecule has 5 heteroatoms. The van der Waals surface area contributed by atoms with Gasteiger partial charge in [-0.3, -0.25) is 4.79 Å². The molecule has 0 aromatic carbocycles. The summed E-state index contributed by atoms with van der Waals surface area (Å²) in [6.07, 6.45) is 0. The molecule has 1 fully saturated rings. The topological polar surface area (TPSA) is 69.6 Å². The predicted molar refractivity (Wildman–Crippen MR) is 46.3 cm³/mol. The number of carbonyl (C=O) groups is 2. The molecular formula is C8H14N2O3. The van der Waals surface area contributed by atoms with Gasteiger partial charge in [0.25, 0.3) is 0 Å². The molecule has 0 bridgehead atoms. The molecule has 1 heterocycles. The smallest absolute Gasteiger partial charge is 0.394 e. The van der Waals surface area contributed by atoms with Crippen molar-refractivity contribution in [2.45, 2.75) is 25.9 Å². The molecule has 0 spiro atoms. The number of nitrogens with zero attached hydrogens (tertiary/aromatic N) is 1. The standard InChI is InChI=1S/C8H14N2O3/c1-5-4-10(6(2)3-9-5)7(11)8(12)13/h5-6,9H,3-4H2,1-2H3,(H,12,13). The van der Waals surface area contributed by atoms with E-state index >= 15 is 0 Å². The van der Waals surface area contributed by atoms with Crippen LogP contribution in [0.25, 0.3) is 0 Å². The van der Waals surface area contributed by atoms with Gasteiger partial charge in [0.15, 0.2) is 0 Å². The zero-order chi connectivity index (χ0) is 10.0. The molecular weight excluding hydrogens is 172 g/mol. The molecule has 1 aliphatic heterocycles. The first-order chi connectivity index (χ1) is 6.02. The number of hydrogen-bond acceptors (Lipinski definition) is 3. The Morgan fingerprint density at radius 3 is 2.62 bits per heavy atom. The summed E-state index contributed by atoms with van der Waals surface area (Å²) in [5.41, 5.74) is 0. The van der Waals surface area contributed by atoms with E-state index in [1.165, 1.54) is 4.90 Å². The molecule has 2 unspecified atom stereocenters. The van der Waals surface area contributed by atoms with E-state index in [9.17, 15) is 9.59 Å². The summed E-state index contributed by atoms with van der Waals surface area (Å²) >= 11 is 0. The van der Waals surface area contributed by atoms with Crippen LogP contribution >= 0.6 is 0 Å². The molecule has 13 heavy (non-hydrogen) atoms. The van der Waals surface area contributed by atoms with E-state index < -0.39 is 11.9 Å². The quantitative estimate of drug-likeness (QED) is 0.490. The van der Waals surface area contributed by atoms with Crippen molar-refractivity contribution in [3.05, 3.63) is 0 Å². The van der Waals surface area contributed by atoms with E-state index in [4.69, 9.17) is 5.11 Å². The molecule has 5 nitrogen and oxygen atoms in total. The van der Waals surface area contributed by atoms with Gasteiger partial charge < -0.3 is 15.3 Å². The lowest BCUT2D eigenvalue weighted by Gasteiger charge is -2.36. The number of piperazine rings is 1. The molecule has 1 saturated heterocycles. The monoisotopic (exact) mass is 186 g/mol. The van der Waals surface area contributed by atoms with Gasteiger partial charge in [0, 0.05) is 25.2 Å². The fourth-order valence-electron chi connectivity index (χ4n) is 1.43. The summed E-state index contributed by atoms with van der Waals surface area (Å²) in [4.78, 5) is 23.0. The first-order valence-corrected chi connectivity index (χ1v) is 4.29. The highest BCUT2D eigenvalue weighted by atomic mass is 16.4. The third-order valence-electron chi connectivity index (χ3n) is 2.21. The molecule has 1 rings (SSSR count). The number of carboxylic acids is 1. The molecule has 1 aliphatic rings. The van der Waals surface area contributed by atoms with Crippen molar-refractivity contribution >= 4 is 11.9 Å². The molecule has 0 aromatic rings. The normalized spacial score (nSPS) is 28.6. The van der Waals surface area contributed by atoms with Crippen molar-refractivity contribution in [1.29, 1.82) is 0 Å². The lowest BCUT2D eigenvalue weighted by Crippen LogP contribution is -2.57. The van der Waals surface area contributed by atoms with Crippen LogP contribution < -0.4 is 5.32 Å². The molecule has 2 N–H and O–H groups in total. The number of nitrogens with one attached hydrogen (secondary N) is 1. The molecule has 0 aliphatic carbocycles. The molecule has 1 amide bonds. The Morgan fingerprint density at radius 2 is 2.08 bits per heavy atom. The van der Waals surface area contributed by atoms with Gasteiger partial charge >= 0.3 is 11.9 Å². The van der Waals surface area contributed by atoms with Gasteiger partial charge in [0.05, 0.1) is 0 Å². The third kappa shape index (κ3) is 2.18. The number of carbonyl (C=O) groups excluding carboxylic acids is 1. The lowest BCUT2D eigenvalue weighted by molar-refractivity contribution is -0.157. The summed E-state index contributed by atoms with van der Waals surface area (Å²) in [5.74, 6) is -2.18. The van der Waals surface area contributed by atoms with Crippen LogP contribution in [0.2, 0.25) is 0 Å². The van der Waals surface area contributed by atoms with E-state index in [-0.39, 0.29) is 12.1 Å². The van der Waals surface area contributed by atoms with E-state index in [2.05, 4.69) is 5.32 Å². The average molecular weight is 186 g/mol. The van der Waals surface area contributed by atoms with Crippen LogP contribution in [0.5, 0.6) is 0 Å². The van der Waals surface area contributed by atoms with Crippen LogP contribution in [0, 0.1) is 0 Å². The van der Waals surface area contributed by atoms with Crippen molar-refractivity contribution < 1.29 is 14.7 Å². The minimum atomic E-state index is -1.37. The van der Waals surface area contributed by atoms with E-state index in [1.54, 1.807) is 0 Å². The van der Waals surface area contributed by atoms with Gasteiger partial charge in [-0.2, -0.15) is 0 Å². The van der Waals surface area contributed by atoms with Gasteiger partial charge in [0.1, 0.15) is 0 Å². The lowest BCUT2D eigenvalue weighted by atomic mass is 10.1. The average Bonchev–Trinajstić information content (AvgIpc) is 2.08. The second-order valence-corrected chi connectivity index (χ2v) is 3.42. The van der Waals surface area contributed by atoms with Crippen LogP contribution in [0.15, 0.2) is 0 Å². The van der Waals surface area contributed by atoms with Gasteiger partial charge in [-0.1, -0.05) is 0 Å². The maximum Gasteiger partial charge on any atom is 0.394 e. The Hall–Kier alpha value is -1.10. The minimum absolute atomic E-state index is 0.0419. The largest absolute Gasteiger partial charge is 0.474 e. The Bertz CT molecular complexity index is 229. The maximum absolute atomic E-state index is 11.2. The maximum atomic E-state index is 11.2. The second kappa shape index (κ2) is 3.74. The Morgan fingerprint density at radius 1 is 1.46 bits per heavy atom. The summed E-state index contributed by atoms with van der Waals surface area (Å²) in [6, 6.07) is 0.124. The van der Waals surface area contributed by atoms with Gasteiger partial charge in [-0.15, -0.1) is 0 Å². The van der Waals surface area contributed by atoms with Gasteiger partial charge in [-0.25, -0.2) is 4.79 Å². The van der Waals surface area contributed by atoms with Crippen molar-refractivity contribution in [1.82, 2.24) is 10.2 Å². The van der Waals surface area contributed by atoms with E-state index in [1.807, 2.05) is 13.8 Å². The van der Waals surface area contributed by atoms with Crippen LogP contribution in [0.3, 0.4) is 0 Å². The van der Waals surface area contributed by atoms with Crippen LogP contribution in [-0.2, 0) is 9.59 Å². The van der Waals surface area contributed by atoms with Crippen LogP contribution in [0.1, 0.15) is 13.8 Å². The Labute approximate surface area is 76.7 Å². The molecule has 0 aromatic heterocycles. The molecule has 74 valence electrons. The summed E-state index contributed by atoms with van der Waals surface area (Å²) in [7, 11) is 0. The number of amides is 1. The summed E-state index contributed by atoms with van der Waals surface area (Å²) in [6.45, 7) is 4.88. The fourth-order valence-corrected chi connectivity index (χ4v) is 1.43. The van der Waals surface area contributed by atoms with Crippen molar-refractivity contribution in [2.24, 2.45) is 0 Å². The Kier molecular flexibility index (Phi) is 2.87. The summed E-state index contributed by atoms with van der Waals surface area (Å²) in [5, 5.41) is 11.7. The molecule has 2 atom stereocenters. The highest BCUT2D eigenvalue weighted by molar-refractivity contribution is 6.31. The third-order valence-corrected chi connectivity index (χ3v) is 2.21. The fraction of sp³-hybridized carbons (Fsp3) is 0.750. The van der Waals surface area contributed by atoms with Crippen molar-refractivity contribution in [2.75, 3.05) is 13.1 Å². The molecule has 0 saturated carbocycles. The summed E-state index contributed by atoms with van der Waals surface area (Å²) < 4.78 is 0. The van der Waals surface area contributed by atoms with Crippen molar-refractivity contribution in [3.63, 3.8) is 0 Å². The first-order valence-electron chi connectivity index (χ1n) is 4.29. The predicted octanol–water partition coefficient (Wildman–Crippen LogP) is -0.720. The van der Waals surface area contributed by atoms with E-state index in [0.717, 1.165) is 0 Å². The highest BCUT2D eigenvalue weighted by Gasteiger charge is 2.30. The first kappa shape index (κ1) is 9.98. The highest BCUT2D eigenvalue weighted by Crippen LogP contribution is 2.06. The SMILES string of the molecule is CC1CN(C(=O)C(=O)O)C(C)CN1. The number of aliphatic carboxylic acids is 1. The van der Waals surface area contributed by atoms with E-state index in [0.29, 0.717) is 13.1 Å². The molecule has 0 radical (unpaired) electrons. The van der Waals surface area contributed by atoms with Gasteiger partial charge in [0.2, 0.25) is 0 Å². The number of rotatable bonds is 0. The minimum Gasteiger partial charge on any atom is -0.474 e. The van der Waals surface area contributed by atoms with Gasteiger partial charge in [-0.05, 0) is 13.8 Å². The Balaban J connectivity index is 2.65. The van der Waals surface area contributed by atoms with Crippen molar-refractivity contribution in [3.8, 4) is 0 Å². The number of hydrogen-bond donors (Lipinski definition) is 2. The second-order valence-electron chi connectivity index (χ2n) is 3.42.